The molecule has 25 heavy (non-hydrogen) atoms. The molecule has 4 heteroatoms. The van der Waals surface area contributed by atoms with E-state index in [9.17, 15) is 14.6 Å². The van der Waals surface area contributed by atoms with Crippen molar-refractivity contribution in [1.29, 1.82) is 0 Å². The molecule has 0 saturated heterocycles. The van der Waals surface area contributed by atoms with Gasteiger partial charge < -0.3 is 15.1 Å². The summed E-state index contributed by atoms with van der Waals surface area (Å²) in [6, 6.07) is 12.2. The van der Waals surface area contributed by atoms with E-state index in [-0.39, 0.29) is 5.75 Å². The number of hydrogen-bond acceptors (Lipinski definition) is 3. The first-order valence-corrected chi connectivity index (χ1v) is 9.08. The molecular formula is C21H26FNO2. The predicted octanol–water partition coefficient (Wildman–Crippen LogP) is 4.12. The third-order valence-electron chi connectivity index (χ3n) is 5.12. The van der Waals surface area contributed by atoms with Crippen molar-refractivity contribution in [3.63, 3.8) is 0 Å². The van der Waals surface area contributed by atoms with Crippen LogP contribution in [0.4, 0.5) is 4.39 Å². The second-order valence-electron chi connectivity index (χ2n) is 7.02. The van der Waals surface area contributed by atoms with Crippen molar-refractivity contribution in [3.05, 3.63) is 59.4 Å². The lowest BCUT2D eigenvalue weighted by molar-refractivity contribution is 0.180. The molecule has 0 unspecified atom stereocenters. The van der Waals surface area contributed by atoms with Crippen LogP contribution in [0, 0.1) is 11.7 Å². The summed E-state index contributed by atoms with van der Waals surface area (Å²) in [5, 5.41) is 19.1. The molecule has 2 aromatic carbocycles. The molecule has 0 spiro atoms. The van der Waals surface area contributed by atoms with Gasteiger partial charge in [0.25, 0.3) is 0 Å². The van der Waals surface area contributed by atoms with Gasteiger partial charge in [-0.25, -0.2) is 4.39 Å². The Morgan fingerprint density at radius 1 is 1.00 bits per heavy atom. The number of halogens is 1. The second-order valence-corrected chi connectivity index (χ2v) is 7.02. The average molecular weight is 343 g/mol. The topological polar surface area (TPSA) is 43.7 Å². The smallest absolute Gasteiger partial charge is 0.168 e. The van der Waals surface area contributed by atoms with E-state index >= 15 is 0 Å². The Balaban J connectivity index is 1.59. The molecule has 0 aromatic heterocycles. The van der Waals surface area contributed by atoms with Crippen LogP contribution in [-0.4, -0.2) is 34.7 Å². The largest absolute Gasteiger partial charge is 0.508 e. The highest BCUT2D eigenvalue weighted by Gasteiger charge is 2.21. The summed E-state index contributed by atoms with van der Waals surface area (Å²) in [5.74, 6) is 0.268. The second kappa shape index (κ2) is 8.34. The maximum absolute atomic E-state index is 14.0. The maximum Gasteiger partial charge on any atom is 0.168 e. The fourth-order valence-electron chi connectivity index (χ4n) is 3.37. The van der Waals surface area contributed by atoms with Crippen LogP contribution >= 0.6 is 0 Å². The van der Waals surface area contributed by atoms with Gasteiger partial charge in [-0.05, 0) is 60.9 Å². The summed E-state index contributed by atoms with van der Waals surface area (Å²) in [4.78, 5) is 2.39. The molecule has 2 N–H and O–H groups in total. The van der Waals surface area contributed by atoms with E-state index in [1.807, 2.05) is 12.1 Å². The summed E-state index contributed by atoms with van der Waals surface area (Å²) >= 11 is 0. The van der Waals surface area contributed by atoms with E-state index in [0.29, 0.717) is 17.7 Å². The molecule has 0 atom stereocenters. The van der Waals surface area contributed by atoms with Crippen molar-refractivity contribution < 1.29 is 14.6 Å². The normalized spacial score (nSPS) is 14.6. The Hall–Kier alpha value is -2.07. The van der Waals surface area contributed by atoms with E-state index in [1.165, 1.54) is 25.3 Å². The summed E-state index contributed by atoms with van der Waals surface area (Å²) < 4.78 is 14.0. The maximum atomic E-state index is 14.0. The molecule has 0 amide bonds. The summed E-state index contributed by atoms with van der Waals surface area (Å²) in [7, 11) is 0. The van der Waals surface area contributed by atoms with Gasteiger partial charge in [-0.15, -0.1) is 0 Å². The van der Waals surface area contributed by atoms with Gasteiger partial charge in [-0.3, -0.25) is 0 Å². The molecule has 1 aliphatic rings. The van der Waals surface area contributed by atoms with Crippen LogP contribution in [0.2, 0.25) is 0 Å². The summed E-state index contributed by atoms with van der Waals surface area (Å²) in [6.45, 7) is 2.70. The summed E-state index contributed by atoms with van der Waals surface area (Å²) in [5.41, 5.74) is 1.68. The minimum Gasteiger partial charge on any atom is -0.508 e. The summed E-state index contributed by atoms with van der Waals surface area (Å²) in [6.07, 6.45) is 5.33. The van der Waals surface area contributed by atoms with Crippen molar-refractivity contribution in [1.82, 2.24) is 4.90 Å². The van der Waals surface area contributed by atoms with Crippen molar-refractivity contribution >= 4 is 0 Å². The number of rotatable bonds is 8. The number of hydrogen-bond donors (Lipinski definition) is 2. The highest BCUT2D eigenvalue weighted by atomic mass is 19.1. The van der Waals surface area contributed by atoms with E-state index in [4.69, 9.17) is 0 Å². The van der Waals surface area contributed by atoms with Crippen LogP contribution < -0.4 is 0 Å². The number of benzene rings is 2. The van der Waals surface area contributed by atoms with Gasteiger partial charge in [-0.2, -0.15) is 0 Å². The molecule has 0 bridgehead atoms. The van der Waals surface area contributed by atoms with E-state index < -0.39 is 5.82 Å². The molecule has 3 rings (SSSR count). The van der Waals surface area contributed by atoms with Crippen molar-refractivity contribution in [2.45, 2.75) is 32.1 Å². The third kappa shape index (κ3) is 4.95. The molecule has 1 saturated carbocycles. The minimum absolute atomic E-state index is 0.275. The van der Waals surface area contributed by atoms with Crippen molar-refractivity contribution in [3.8, 4) is 11.5 Å². The van der Waals surface area contributed by atoms with Gasteiger partial charge >= 0.3 is 0 Å². The Kier molecular flexibility index (Phi) is 5.92. The zero-order chi connectivity index (χ0) is 17.6. The van der Waals surface area contributed by atoms with Crippen LogP contribution in [0.25, 0.3) is 0 Å². The van der Waals surface area contributed by atoms with Crippen molar-refractivity contribution in [2.75, 3.05) is 19.6 Å². The van der Waals surface area contributed by atoms with Crippen molar-refractivity contribution in [2.24, 2.45) is 5.92 Å². The number of phenols is 2. The van der Waals surface area contributed by atoms with Gasteiger partial charge in [-0.1, -0.05) is 30.7 Å². The molecule has 0 aliphatic heterocycles. The van der Waals surface area contributed by atoms with Gasteiger partial charge in [0.05, 0.1) is 0 Å². The third-order valence-corrected chi connectivity index (χ3v) is 5.12. The minimum atomic E-state index is -0.501. The molecule has 1 aliphatic carbocycles. The van der Waals surface area contributed by atoms with E-state index in [1.54, 1.807) is 24.3 Å². The molecule has 1 fully saturated rings. The van der Waals surface area contributed by atoms with E-state index in [2.05, 4.69) is 4.90 Å². The van der Waals surface area contributed by atoms with Gasteiger partial charge in [0.15, 0.2) is 11.6 Å². The number of phenolic OH excluding ortho intramolecular Hbond substituents is 2. The number of aromatic hydroxyl groups is 2. The first-order chi connectivity index (χ1) is 12.1. The Bertz CT molecular complexity index is 700. The highest BCUT2D eigenvalue weighted by Crippen LogP contribution is 2.27. The first kappa shape index (κ1) is 17.7. The standard InChI is InChI=1S/C21H26FNO2/c22-21-18(7-3-9-20(21)25)11-13-23(15-17-5-1-6-17)12-10-16-4-2-8-19(24)14-16/h2-4,7-9,14,17,24-25H,1,5-6,10-13,15H2. The molecular weight excluding hydrogens is 317 g/mol. The zero-order valence-corrected chi connectivity index (χ0v) is 14.5. The Labute approximate surface area is 148 Å². The Morgan fingerprint density at radius 3 is 2.48 bits per heavy atom. The molecule has 2 aromatic rings. The predicted molar refractivity (Wildman–Crippen MR) is 97.4 cm³/mol. The van der Waals surface area contributed by atoms with Gasteiger partial charge in [0, 0.05) is 19.6 Å². The van der Waals surface area contributed by atoms with Crippen LogP contribution in [0.5, 0.6) is 11.5 Å². The molecule has 0 heterocycles. The zero-order valence-electron chi connectivity index (χ0n) is 14.5. The first-order valence-electron chi connectivity index (χ1n) is 9.08. The molecule has 134 valence electrons. The lowest BCUT2D eigenvalue weighted by atomic mass is 9.85. The Morgan fingerprint density at radius 2 is 1.76 bits per heavy atom. The van der Waals surface area contributed by atoms with Gasteiger partial charge in [0.2, 0.25) is 0 Å². The lowest BCUT2D eigenvalue weighted by Crippen LogP contribution is -2.35. The van der Waals surface area contributed by atoms with Crippen LogP contribution in [0.1, 0.15) is 30.4 Å². The highest BCUT2D eigenvalue weighted by molar-refractivity contribution is 5.30. The van der Waals surface area contributed by atoms with E-state index in [0.717, 1.165) is 37.5 Å². The lowest BCUT2D eigenvalue weighted by Gasteiger charge is -2.32. The van der Waals surface area contributed by atoms with Gasteiger partial charge in [0.1, 0.15) is 5.75 Å². The fraction of sp³-hybridized carbons (Fsp3) is 0.429. The molecule has 3 nitrogen and oxygen atoms in total. The molecule has 0 radical (unpaired) electrons. The quantitative estimate of drug-likeness (QED) is 0.758. The van der Waals surface area contributed by atoms with Crippen LogP contribution in [-0.2, 0) is 12.8 Å². The van der Waals surface area contributed by atoms with Crippen LogP contribution in [0.3, 0.4) is 0 Å². The van der Waals surface area contributed by atoms with Crippen LogP contribution in [0.15, 0.2) is 42.5 Å². The monoisotopic (exact) mass is 343 g/mol. The fourth-order valence-corrected chi connectivity index (χ4v) is 3.37. The number of nitrogens with zero attached hydrogens (tertiary/aromatic N) is 1. The SMILES string of the molecule is Oc1cccc(CCN(CCc2cccc(O)c2F)CC2CCC2)c1. The average Bonchev–Trinajstić information content (AvgIpc) is 2.56.